The third-order valence-corrected chi connectivity index (χ3v) is 6.55. The summed E-state index contributed by atoms with van der Waals surface area (Å²) in [6, 6.07) is 8.70. The molecule has 1 saturated carbocycles. The highest BCUT2D eigenvalue weighted by Gasteiger charge is 2.47. The number of carbonyl (C=O) groups excluding carboxylic acids is 1. The minimum atomic E-state index is -0.569. The zero-order chi connectivity index (χ0) is 24.6. The van der Waals surface area contributed by atoms with Crippen molar-refractivity contribution < 1.29 is 9.21 Å². The Morgan fingerprint density at radius 3 is 2.83 bits per heavy atom. The lowest BCUT2D eigenvalue weighted by Gasteiger charge is -2.34. The van der Waals surface area contributed by atoms with Gasteiger partial charge >= 0.3 is 6.01 Å². The van der Waals surface area contributed by atoms with Gasteiger partial charge in [-0.25, -0.2) is 4.98 Å². The molecule has 0 radical (unpaired) electrons. The van der Waals surface area contributed by atoms with Gasteiger partial charge in [0.15, 0.2) is 5.82 Å². The van der Waals surface area contributed by atoms with E-state index < -0.39 is 5.41 Å². The number of anilines is 4. The number of oxazole rings is 1. The molecule has 2 aliphatic rings. The Labute approximate surface area is 203 Å². The van der Waals surface area contributed by atoms with E-state index in [1.165, 1.54) is 23.6 Å². The zero-order valence-corrected chi connectivity index (χ0v) is 20.0. The first kappa shape index (κ1) is 22.8. The average molecular weight is 473 g/mol. The average Bonchev–Trinajstić information content (AvgIpc) is 3.50. The van der Waals surface area contributed by atoms with Gasteiger partial charge in [-0.2, -0.15) is 15.2 Å². The van der Waals surface area contributed by atoms with Crippen molar-refractivity contribution in [1.29, 1.82) is 5.26 Å². The summed E-state index contributed by atoms with van der Waals surface area (Å²) >= 11 is 0. The van der Waals surface area contributed by atoms with E-state index in [1.54, 1.807) is 0 Å². The van der Waals surface area contributed by atoms with E-state index >= 15 is 0 Å². The minimum absolute atomic E-state index is 0.0759. The summed E-state index contributed by atoms with van der Waals surface area (Å²) < 4.78 is 5.54. The maximum absolute atomic E-state index is 12.6. The Morgan fingerprint density at radius 2 is 2.09 bits per heavy atom. The van der Waals surface area contributed by atoms with Crippen LogP contribution in [0.25, 0.3) is 0 Å². The van der Waals surface area contributed by atoms with Crippen LogP contribution >= 0.6 is 0 Å². The van der Waals surface area contributed by atoms with Gasteiger partial charge in [0.25, 0.3) is 5.91 Å². The van der Waals surface area contributed by atoms with Crippen molar-refractivity contribution in [3.8, 4) is 6.07 Å². The first-order valence-corrected chi connectivity index (χ1v) is 11.8. The van der Waals surface area contributed by atoms with Gasteiger partial charge in [0, 0.05) is 24.0 Å². The van der Waals surface area contributed by atoms with Crippen LogP contribution in [0.2, 0.25) is 0 Å². The first-order chi connectivity index (χ1) is 16.8. The van der Waals surface area contributed by atoms with Crippen LogP contribution in [0.15, 0.2) is 35.1 Å². The molecule has 10 nitrogen and oxygen atoms in total. The summed E-state index contributed by atoms with van der Waals surface area (Å²) in [4.78, 5) is 25.9. The molecule has 1 aliphatic heterocycles. The number of rotatable bonds is 7. The zero-order valence-electron chi connectivity index (χ0n) is 20.0. The summed E-state index contributed by atoms with van der Waals surface area (Å²) in [5, 5.41) is 22.0. The van der Waals surface area contributed by atoms with E-state index in [0.717, 1.165) is 31.5 Å². The van der Waals surface area contributed by atoms with Crippen LogP contribution in [-0.4, -0.2) is 33.9 Å². The Kier molecular flexibility index (Phi) is 5.65. The fourth-order valence-electron chi connectivity index (χ4n) is 4.38. The SMILES string of the molecule is CCNC(=O)c1cnc(Nc2ccc3c(c2)CCNC3(C)C)nc1Nc1nc(C2(C#N)CC2)co1. The molecule has 0 bridgehead atoms. The number of amides is 1. The second-order valence-electron chi connectivity index (χ2n) is 9.47. The number of carbonyl (C=O) groups is 1. The van der Waals surface area contributed by atoms with Gasteiger partial charge in [-0.1, -0.05) is 6.07 Å². The molecule has 3 heterocycles. The smallest absolute Gasteiger partial charge is 0.300 e. The van der Waals surface area contributed by atoms with Crippen molar-refractivity contribution in [1.82, 2.24) is 25.6 Å². The van der Waals surface area contributed by atoms with Gasteiger partial charge in [-0.3, -0.25) is 10.1 Å². The quantitative estimate of drug-likeness (QED) is 0.405. The molecule has 1 aliphatic carbocycles. The van der Waals surface area contributed by atoms with Crippen LogP contribution < -0.4 is 21.3 Å². The van der Waals surface area contributed by atoms with Crippen LogP contribution in [0.1, 0.15) is 60.8 Å². The van der Waals surface area contributed by atoms with E-state index in [2.05, 4.69) is 68.3 Å². The lowest BCUT2D eigenvalue weighted by Crippen LogP contribution is -2.42. The number of benzene rings is 1. The lowest BCUT2D eigenvalue weighted by molar-refractivity contribution is 0.0956. The minimum Gasteiger partial charge on any atom is -0.432 e. The van der Waals surface area contributed by atoms with Crippen molar-refractivity contribution in [2.45, 2.75) is 51.0 Å². The molecule has 2 aromatic heterocycles. The third kappa shape index (κ3) is 4.42. The van der Waals surface area contributed by atoms with Crippen molar-refractivity contribution >= 4 is 29.4 Å². The Balaban J connectivity index is 1.42. The predicted octanol–water partition coefficient (Wildman–Crippen LogP) is 3.64. The van der Waals surface area contributed by atoms with Gasteiger partial charge in [0.2, 0.25) is 5.95 Å². The molecule has 4 N–H and O–H groups in total. The topological polar surface area (TPSA) is 141 Å². The van der Waals surface area contributed by atoms with E-state index in [-0.39, 0.29) is 28.8 Å². The van der Waals surface area contributed by atoms with E-state index in [9.17, 15) is 10.1 Å². The predicted molar refractivity (Wildman–Crippen MR) is 131 cm³/mol. The summed E-state index contributed by atoms with van der Waals surface area (Å²) in [6.07, 6.45) is 5.41. The molecule has 1 aromatic carbocycles. The van der Waals surface area contributed by atoms with Crippen molar-refractivity contribution in [2.75, 3.05) is 23.7 Å². The maximum atomic E-state index is 12.6. The monoisotopic (exact) mass is 472 g/mol. The van der Waals surface area contributed by atoms with Gasteiger partial charge < -0.3 is 20.4 Å². The number of nitrogens with zero attached hydrogens (tertiary/aromatic N) is 4. The van der Waals surface area contributed by atoms with E-state index in [1.807, 2.05) is 13.0 Å². The standard InChI is InChI=1S/C25H28N8O2/c1-4-27-21(34)17-12-28-22(30-16-5-6-18-15(11-16)7-10-29-24(18,2)3)32-20(17)33-23-31-19(13-35-23)25(14-26)8-9-25/h5-6,11-13,29H,4,7-10H2,1-3H3,(H,27,34)(H2,28,30,31,32,33). The largest absolute Gasteiger partial charge is 0.432 e. The molecule has 0 spiro atoms. The van der Waals surface area contributed by atoms with Gasteiger partial charge in [0.05, 0.1) is 6.07 Å². The van der Waals surface area contributed by atoms with Crippen molar-refractivity contribution in [3.05, 3.63) is 53.0 Å². The van der Waals surface area contributed by atoms with Gasteiger partial charge in [-0.15, -0.1) is 0 Å². The summed E-state index contributed by atoms with van der Waals surface area (Å²) in [7, 11) is 0. The molecule has 1 amide bonds. The number of hydrogen-bond donors (Lipinski definition) is 4. The van der Waals surface area contributed by atoms with Crippen molar-refractivity contribution in [3.63, 3.8) is 0 Å². The number of hydrogen-bond acceptors (Lipinski definition) is 9. The molecule has 0 atom stereocenters. The second-order valence-corrected chi connectivity index (χ2v) is 9.47. The van der Waals surface area contributed by atoms with E-state index in [0.29, 0.717) is 18.2 Å². The maximum Gasteiger partial charge on any atom is 0.300 e. The number of aromatic nitrogens is 3. The molecule has 10 heteroatoms. The normalized spacial score (nSPS) is 17.1. The molecule has 0 saturated heterocycles. The Hall–Kier alpha value is -3.97. The summed E-state index contributed by atoms with van der Waals surface area (Å²) in [6.45, 7) is 7.57. The number of nitriles is 1. The van der Waals surface area contributed by atoms with Crippen LogP contribution in [0.4, 0.5) is 23.5 Å². The second kappa shape index (κ2) is 8.67. The van der Waals surface area contributed by atoms with Crippen LogP contribution in [-0.2, 0) is 17.4 Å². The fourth-order valence-corrected chi connectivity index (χ4v) is 4.38. The first-order valence-electron chi connectivity index (χ1n) is 11.8. The van der Waals surface area contributed by atoms with Crippen molar-refractivity contribution in [2.24, 2.45) is 0 Å². The van der Waals surface area contributed by atoms with Crippen LogP contribution in [0, 0.1) is 11.3 Å². The molecule has 35 heavy (non-hydrogen) atoms. The number of nitrogens with one attached hydrogen (secondary N) is 4. The molecule has 3 aromatic rings. The van der Waals surface area contributed by atoms with Crippen LogP contribution in [0.3, 0.4) is 0 Å². The molecule has 5 rings (SSSR count). The van der Waals surface area contributed by atoms with Gasteiger partial charge in [0.1, 0.15) is 22.9 Å². The summed E-state index contributed by atoms with van der Waals surface area (Å²) in [5.74, 6) is 0.274. The van der Waals surface area contributed by atoms with Gasteiger partial charge in [-0.05, 0) is 69.8 Å². The molecular weight excluding hydrogens is 444 g/mol. The number of fused-ring (bicyclic) bond motifs is 1. The van der Waals surface area contributed by atoms with E-state index in [4.69, 9.17) is 4.42 Å². The highest BCUT2D eigenvalue weighted by molar-refractivity contribution is 5.99. The highest BCUT2D eigenvalue weighted by Crippen LogP contribution is 2.47. The molecule has 1 fully saturated rings. The summed E-state index contributed by atoms with van der Waals surface area (Å²) in [5.41, 5.74) is 3.61. The third-order valence-electron chi connectivity index (χ3n) is 6.55. The lowest BCUT2D eigenvalue weighted by atomic mass is 9.85. The Morgan fingerprint density at radius 1 is 1.26 bits per heavy atom. The fraction of sp³-hybridized carbons (Fsp3) is 0.400. The molecule has 0 unspecified atom stereocenters. The molecular formula is C25H28N8O2. The highest BCUT2D eigenvalue weighted by atomic mass is 16.4. The Bertz CT molecular complexity index is 1320. The van der Waals surface area contributed by atoms with Crippen LogP contribution in [0.5, 0.6) is 0 Å². The molecule has 180 valence electrons.